The predicted molar refractivity (Wildman–Crippen MR) is 92.4 cm³/mol. The number of benzene rings is 1. The van der Waals surface area contributed by atoms with Crippen molar-refractivity contribution in [3.63, 3.8) is 0 Å². The molecule has 0 aliphatic carbocycles. The summed E-state index contributed by atoms with van der Waals surface area (Å²) in [7, 11) is 0. The zero-order valence-corrected chi connectivity index (χ0v) is 13.8. The lowest BCUT2D eigenvalue weighted by Crippen LogP contribution is -2.26. The summed E-state index contributed by atoms with van der Waals surface area (Å²) in [4.78, 5) is 21.0. The summed E-state index contributed by atoms with van der Waals surface area (Å²) in [6, 6.07) is 11.3. The second-order valence-electron chi connectivity index (χ2n) is 5.38. The van der Waals surface area contributed by atoms with Crippen molar-refractivity contribution in [1.82, 2.24) is 15.3 Å². The minimum Gasteiger partial charge on any atom is -0.343 e. The van der Waals surface area contributed by atoms with Crippen LogP contribution in [0.25, 0.3) is 11.3 Å². The van der Waals surface area contributed by atoms with Crippen LogP contribution in [0.1, 0.15) is 33.9 Å². The van der Waals surface area contributed by atoms with Crippen molar-refractivity contribution in [3.8, 4) is 11.3 Å². The number of carbonyl (C=O) groups excluding carboxylic acids is 1. The summed E-state index contributed by atoms with van der Waals surface area (Å²) < 4.78 is 0. The van der Waals surface area contributed by atoms with Crippen molar-refractivity contribution in [2.45, 2.75) is 19.9 Å². The van der Waals surface area contributed by atoms with Crippen LogP contribution in [-0.4, -0.2) is 15.9 Å². The number of hydrogen-bond donors (Lipinski definition) is 1. The molecule has 2 aromatic heterocycles. The number of nitrogens with zero attached hydrogens (tertiary/aromatic N) is 2. The molecule has 0 unspecified atom stereocenters. The lowest BCUT2D eigenvalue weighted by atomic mass is 10.1. The Hall–Kier alpha value is -2.53. The lowest BCUT2D eigenvalue weighted by Gasteiger charge is -2.11. The van der Waals surface area contributed by atoms with Gasteiger partial charge >= 0.3 is 0 Å². The molecule has 1 atom stereocenters. The number of rotatable bonds is 4. The van der Waals surface area contributed by atoms with E-state index >= 15 is 0 Å². The van der Waals surface area contributed by atoms with E-state index in [1.54, 1.807) is 12.4 Å². The number of amides is 1. The summed E-state index contributed by atoms with van der Waals surface area (Å²) in [5.41, 5.74) is 3.60. The van der Waals surface area contributed by atoms with Crippen molar-refractivity contribution in [2.75, 3.05) is 0 Å². The van der Waals surface area contributed by atoms with Gasteiger partial charge < -0.3 is 5.32 Å². The molecule has 2 heterocycles. The molecule has 0 bridgehead atoms. The highest BCUT2D eigenvalue weighted by Gasteiger charge is 2.15. The number of aromatic nitrogens is 2. The van der Waals surface area contributed by atoms with E-state index in [1.165, 1.54) is 11.3 Å². The highest BCUT2D eigenvalue weighted by Crippen LogP contribution is 2.25. The largest absolute Gasteiger partial charge is 0.343 e. The molecule has 0 radical (unpaired) electrons. The maximum Gasteiger partial charge on any atom is 0.251 e. The zero-order valence-electron chi connectivity index (χ0n) is 13.0. The van der Waals surface area contributed by atoms with Crippen molar-refractivity contribution in [2.24, 2.45) is 0 Å². The van der Waals surface area contributed by atoms with Gasteiger partial charge in [-0.3, -0.25) is 9.78 Å². The third kappa shape index (κ3) is 3.63. The first-order chi connectivity index (χ1) is 11.1. The fourth-order valence-electron chi connectivity index (χ4n) is 2.26. The molecule has 3 rings (SSSR count). The van der Waals surface area contributed by atoms with E-state index < -0.39 is 0 Å². The smallest absolute Gasteiger partial charge is 0.251 e. The predicted octanol–water partition coefficient (Wildman–Crippen LogP) is 4.00. The first-order valence-electron chi connectivity index (χ1n) is 7.37. The fourth-order valence-corrected chi connectivity index (χ4v) is 3.10. The van der Waals surface area contributed by atoms with Gasteiger partial charge in [0.2, 0.25) is 0 Å². The van der Waals surface area contributed by atoms with Crippen molar-refractivity contribution in [3.05, 3.63) is 70.3 Å². The van der Waals surface area contributed by atoms with Crippen LogP contribution in [0.2, 0.25) is 0 Å². The molecule has 23 heavy (non-hydrogen) atoms. The molecule has 3 aromatic rings. The van der Waals surface area contributed by atoms with Gasteiger partial charge in [-0.15, -0.1) is 11.3 Å². The van der Waals surface area contributed by atoms with Crippen LogP contribution in [0.4, 0.5) is 0 Å². The molecule has 0 fully saturated rings. The SMILES string of the molecule is Cc1cccc(C(=O)N[C@@H](C)c2nc(-c3cccnc3)cs2)c1. The minimum absolute atomic E-state index is 0.0840. The summed E-state index contributed by atoms with van der Waals surface area (Å²) in [5, 5.41) is 5.87. The average molecular weight is 323 g/mol. The van der Waals surface area contributed by atoms with E-state index in [9.17, 15) is 4.79 Å². The summed E-state index contributed by atoms with van der Waals surface area (Å²) in [6.45, 7) is 3.92. The Labute approximate surface area is 139 Å². The van der Waals surface area contributed by atoms with Crippen LogP contribution in [0.15, 0.2) is 54.2 Å². The van der Waals surface area contributed by atoms with Crippen LogP contribution >= 0.6 is 11.3 Å². The Kier molecular flexibility index (Phi) is 4.48. The van der Waals surface area contributed by atoms with Crippen LogP contribution in [0, 0.1) is 6.92 Å². The molecule has 0 spiro atoms. The van der Waals surface area contributed by atoms with Gasteiger partial charge in [0.1, 0.15) is 5.01 Å². The average Bonchev–Trinajstić information content (AvgIpc) is 3.06. The third-order valence-electron chi connectivity index (χ3n) is 3.48. The molecule has 5 heteroatoms. The summed E-state index contributed by atoms with van der Waals surface area (Å²) >= 11 is 1.54. The molecular weight excluding hydrogens is 306 g/mol. The fraction of sp³-hybridized carbons (Fsp3) is 0.167. The molecule has 116 valence electrons. The number of nitrogens with one attached hydrogen (secondary N) is 1. The number of carbonyl (C=O) groups is 1. The normalized spacial score (nSPS) is 11.9. The Morgan fingerprint density at radius 3 is 2.87 bits per heavy atom. The summed E-state index contributed by atoms with van der Waals surface area (Å²) in [6.07, 6.45) is 3.52. The van der Waals surface area contributed by atoms with Crippen LogP contribution < -0.4 is 5.32 Å². The number of pyridine rings is 1. The second kappa shape index (κ2) is 6.71. The quantitative estimate of drug-likeness (QED) is 0.789. The molecule has 1 aromatic carbocycles. The topological polar surface area (TPSA) is 54.9 Å². The van der Waals surface area contributed by atoms with Gasteiger partial charge in [0.25, 0.3) is 5.91 Å². The monoisotopic (exact) mass is 323 g/mol. The summed E-state index contributed by atoms with van der Waals surface area (Å²) in [5.74, 6) is -0.0840. The zero-order chi connectivity index (χ0) is 16.2. The van der Waals surface area contributed by atoms with E-state index in [2.05, 4.69) is 15.3 Å². The van der Waals surface area contributed by atoms with Crippen molar-refractivity contribution in [1.29, 1.82) is 0 Å². The maximum absolute atomic E-state index is 12.3. The van der Waals surface area contributed by atoms with E-state index in [1.807, 2.05) is 55.6 Å². The van der Waals surface area contributed by atoms with E-state index in [4.69, 9.17) is 0 Å². The molecule has 4 nitrogen and oxygen atoms in total. The van der Waals surface area contributed by atoms with Gasteiger partial charge in [-0.25, -0.2) is 4.98 Å². The van der Waals surface area contributed by atoms with E-state index in [-0.39, 0.29) is 11.9 Å². The second-order valence-corrected chi connectivity index (χ2v) is 6.27. The number of thiazole rings is 1. The lowest BCUT2D eigenvalue weighted by molar-refractivity contribution is 0.0939. The Bertz CT molecular complexity index is 814. The molecule has 1 N–H and O–H groups in total. The molecule has 1 amide bonds. The van der Waals surface area contributed by atoms with E-state index in [0.717, 1.165) is 21.8 Å². The first-order valence-corrected chi connectivity index (χ1v) is 8.25. The van der Waals surface area contributed by atoms with Gasteiger partial charge in [-0.1, -0.05) is 17.7 Å². The van der Waals surface area contributed by atoms with Gasteiger partial charge in [-0.2, -0.15) is 0 Å². The van der Waals surface area contributed by atoms with Gasteiger partial charge in [0.15, 0.2) is 0 Å². The van der Waals surface area contributed by atoms with Gasteiger partial charge in [0, 0.05) is 28.9 Å². The standard InChI is InChI=1S/C18H17N3OS/c1-12-5-3-6-14(9-12)17(22)20-13(2)18-21-16(11-23-18)15-7-4-8-19-10-15/h3-11,13H,1-2H3,(H,20,22)/t13-/m0/s1. The van der Waals surface area contributed by atoms with Crippen molar-refractivity contribution >= 4 is 17.2 Å². The van der Waals surface area contributed by atoms with Gasteiger partial charge in [0.05, 0.1) is 11.7 Å². The van der Waals surface area contributed by atoms with Crippen LogP contribution in [-0.2, 0) is 0 Å². The minimum atomic E-state index is -0.140. The molecule has 0 aliphatic rings. The molecular formula is C18H17N3OS. The molecule has 0 saturated carbocycles. The molecule has 0 saturated heterocycles. The van der Waals surface area contributed by atoms with Crippen molar-refractivity contribution < 1.29 is 4.79 Å². The highest BCUT2D eigenvalue weighted by molar-refractivity contribution is 7.10. The Morgan fingerprint density at radius 2 is 2.13 bits per heavy atom. The highest BCUT2D eigenvalue weighted by atomic mass is 32.1. The number of aryl methyl sites for hydroxylation is 1. The Balaban J connectivity index is 1.73. The van der Waals surface area contributed by atoms with Crippen LogP contribution in [0.5, 0.6) is 0 Å². The first kappa shape index (κ1) is 15.4. The Morgan fingerprint density at radius 1 is 1.26 bits per heavy atom. The molecule has 0 aliphatic heterocycles. The van der Waals surface area contributed by atoms with E-state index in [0.29, 0.717) is 5.56 Å². The third-order valence-corrected chi connectivity index (χ3v) is 4.50. The van der Waals surface area contributed by atoms with Gasteiger partial charge in [-0.05, 0) is 38.1 Å². The van der Waals surface area contributed by atoms with Crippen LogP contribution in [0.3, 0.4) is 0 Å². The number of hydrogen-bond acceptors (Lipinski definition) is 4. The maximum atomic E-state index is 12.3.